The highest BCUT2D eigenvalue weighted by molar-refractivity contribution is 5.92. The number of nitrogens with one attached hydrogen (secondary N) is 3. The Morgan fingerprint density at radius 3 is 2.48 bits per heavy atom. The maximum absolute atomic E-state index is 14.4. The third-order valence-electron chi connectivity index (χ3n) is 5.81. The van der Waals surface area contributed by atoms with Gasteiger partial charge < -0.3 is 15.6 Å². The summed E-state index contributed by atoms with van der Waals surface area (Å²) >= 11 is 0. The molecule has 1 amide bonds. The number of rotatable bonds is 7. The molecule has 164 valence electrons. The number of aromatic amines is 1. The first-order chi connectivity index (χ1) is 14.8. The molecule has 3 N–H and O–H groups in total. The monoisotopic (exact) mass is 429 g/mol. The summed E-state index contributed by atoms with van der Waals surface area (Å²) in [6, 6.07) is 8.33. The van der Waals surface area contributed by atoms with Gasteiger partial charge in [0.15, 0.2) is 0 Å². The van der Waals surface area contributed by atoms with Gasteiger partial charge in [0.25, 0.3) is 0 Å². The standard InChI is InChI=1S/C24H26F3N3O/c1-13(2)29-21(31)12-28-11-14-7-16(8-14)22-19-9-18(26)10-20(27)24(19)30-23(22)15-3-5-17(25)6-4-15/h3-6,9-10,13-14,16,28,30H,7-8,11-12H2,1-2H3,(H,29,31)/t14-,16-. The van der Waals surface area contributed by atoms with Crippen LogP contribution in [0.2, 0.25) is 0 Å². The van der Waals surface area contributed by atoms with Gasteiger partial charge in [-0.3, -0.25) is 4.79 Å². The molecule has 0 unspecified atom stereocenters. The second-order valence-electron chi connectivity index (χ2n) is 8.62. The SMILES string of the molecule is CC(C)NC(=O)CNC[C@H]1C[C@H](c2c(-c3ccc(F)cc3)[nH]c3c(F)cc(F)cc32)C1. The first-order valence-electron chi connectivity index (χ1n) is 10.6. The molecule has 1 aliphatic carbocycles. The lowest BCUT2D eigenvalue weighted by atomic mass is 9.70. The quantitative estimate of drug-likeness (QED) is 0.502. The topological polar surface area (TPSA) is 56.9 Å². The Morgan fingerprint density at radius 1 is 1.10 bits per heavy atom. The second-order valence-corrected chi connectivity index (χ2v) is 8.62. The normalized spacial score (nSPS) is 18.4. The summed E-state index contributed by atoms with van der Waals surface area (Å²) in [5.74, 6) is -1.14. The van der Waals surface area contributed by atoms with E-state index in [4.69, 9.17) is 0 Å². The van der Waals surface area contributed by atoms with Crippen molar-refractivity contribution in [1.82, 2.24) is 15.6 Å². The number of halogens is 3. The zero-order valence-electron chi connectivity index (χ0n) is 17.6. The lowest BCUT2D eigenvalue weighted by Gasteiger charge is -2.36. The summed E-state index contributed by atoms with van der Waals surface area (Å²) in [4.78, 5) is 14.9. The summed E-state index contributed by atoms with van der Waals surface area (Å²) in [7, 11) is 0. The number of carbonyl (C=O) groups is 1. The van der Waals surface area contributed by atoms with Gasteiger partial charge in [0, 0.05) is 17.5 Å². The van der Waals surface area contributed by atoms with Gasteiger partial charge in [0.2, 0.25) is 5.91 Å². The summed E-state index contributed by atoms with van der Waals surface area (Å²) in [6.45, 7) is 4.81. The molecule has 1 saturated carbocycles. The van der Waals surface area contributed by atoms with E-state index in [-0.39, 0.29) is 35.7 Å². The smallest absolute Gasteiger partial charge is 0.234 e. The number of aromatic nitrogens is 1. The van der Waals surface area contributed by atoms with Crippen LogP contribution in [0.25, 0.3) is 22.2 Å². The van der Waals surface area contributed by atoms with Crippen LogP contribution in [-0.2, 0) is 4.79 Å². The lowest BCUT2D eigenvalue weighted by Crippen LogP contribution is -2.40. The number of benzene rings is 2. The second kappa shape index (κ2) is 8.75. The summed E-state index contributed by atoms with van der Waals surface area (Å²) in [6.07, 6.45) is 1.69. The van der Waals surface area contributed by atoms with Gasteiger partial charge in [-0.25, -0.2) is 13.2 Å². The van der Waals surface area contributed by atoms with Gasteiger partial charge in [-0.05, 0) is 86.5 Å². The highest BCUT2D eigenvalue weighted by Crippen LogP contribution is 2.48. The maximum atomic E-state index is 14.4. The van der Waals surface area contributed by atoms with Crippen molar-refractivity contribution in [1.29, 1.82) is 0 Å². The number of carbonyl (C=O) groups excluding carboxylic acids is 1. The van der Waals surface area contributed by atoms with Crippen molar-refractivity contribution in [3.8, 4) is 11.3 Å². The Kier molecular flexibility index (Phi) is 6.05. The molecule has 0 saturated heterocycles. The highest BCUT2D eigenvalue weighted by Gasteiger charge is 2.34. The fraction of sp³-hybridized carbons (Fsp3) is 0.375. The Balaban J connectivity index is 1.53. The number of fused-ring (bicyclic) bond motifs is 1. The van der Waals surface area contributed by atoms with E-state index in [1.165, 1.54) is 18.2 Å². The molecule has 4 rings (SSSR count). The van der Waals surface area contributed by atoms with Gasteiger partial charge in [-0.1, -0.05) is 0 Å². The van der Waals surface area contributed by atoms with Gasteiger partial charge in [-0.2, -0.15) is 0 Å². The molecule has 0 atom stereocenters. The Bertz CT molecular complexity index is 1090. The average Bonchev–Trinajstić information content (AvgIpc) is 3.03. The van der Waals surface area contributed by atoms with Crippen LogP contribution in [0.1, 0.15) is 38.2 Å². The molecular formula is C24H26F3N3O. The molecule has 2 aromatic carbocycles. The molecule has 1 fully saturated rings. The van der Waals surface area contributed by atoms with Gasteiger partial charge >= 0.3 is 0 Å². The van der Waals surface area contributed by atoms with Gasteiger partial charge in [-0.15, -0.1) is 0 Å². The van der Waals surface area contributed by atoms with Crippen LogP contribution >= 0.6 is 0 Å². The van der Waals surface area contributed by atoms with Crippen molar-refractivity contribution in [3.63, 3.8) is 0 Å². The minimum Gasteiger partial charge on any atom is -0.353 e. The number of H-pyrrole nitrogens is 1. The fourth-order valence-electron chi connectivity index (χ4n) is 4.41. The van der Waals surface area contributed by atoms with Crippen molar-refractivity contribution < 1.29 is 18.0 Å². The van der Waals surface area contributed by atoms with E-state index in [1.807, 2.05) is 13.8 Å². The van der Waals surface area contributed by atoms with Crippen LogP contribution in [-0.4, -0.2) is 30.0 Å². The summed E-state index contributed by atoms with van der Waals surface area (Å²) in [5, 5.41) is 6.56. The van der Waals surface area contributed by atoms with Crippen molar-refractivity contribution in [2.24, 2.45) is 5.92 Å². The Hall–Kier alpha value is -2.80. The Morgan fingerprint density at radius 2 is 1.81 bits per heavy atom. The molecule has 1 aromatic heterocycles. The zero-order chi connectivity index (χ0) is 22.1. The van der Waals surface area contributed by atoms with E-state index in [1.54, 1.807) is 12.1 Å². The molecule has 1 heterocycles. The number of amides is 1. The van der Waals surface area contributed by atoms with E-state index < -0.39 is 11.6 Å². The van der Waals surface area contributed by atoms with E-state index in [0.717, 1.165) is 30.0 Å². The third kappa shape index (κ3) is 4.61. The van der Waals surface area contributed by atoms with Crippen molar-refractivity contribution >= 4 is 16.8 Å². The van der Waals surface area contributed by atoms with Crippen LogP contribution in [0.5, 0.6) is 0 Å². The molecule has 3 aromatic rings. The predicted molar refractivity (Wildman–Crippen MR) is 115 cm³/mol. The summed E-state index contributed by atoms with van der Waals surface area (Å²) < 4.78 is 41.8. The minimum atomic E-state index is -0.640. The van der Waals surface area contributed by atoms with E-state index in [2.05, 4.69) is 15.6 Å². The molecule has 0 spiro atoms. The molecular weight excluding hydrogens is 403 g/mol. The van der Waals surface area contributed by atoms with Crippen LogP contribution in [0, 0.1) is 23.4 Å². The Labute approximate surface area is 179 Å². The first kappa shape index (κ1) is 21.4. The molecule has 31 heavy (non-hydrogen) atoms. The average molecular weight is 429 g/mol. The number of hydrogen-bond donors (Lipinski definition) is 3. The summed E-state index contributed by atoms with van der Waals surface area (Å²) in [5.41, 5.74) is 2.57. The van der Waals surface area contributed by atoms with Crippen molar-refractivity contribution in [2.45, 2.75) is 38.6 Å². The van der Waals surface area contributed by atoms with Crippen LogP contribution in [0.3, 0.4) is 0 Å². The molecule has 0 radical (unpaired) electrons. The zero-order valence-corrected chi connectivity index (χ0v) is 17.6. The number of hydrogen-bond acceptors (Lipinski definition) is 2. The fourth-order valence-corrected chi connectivity index (χ4v) is 4.41. The van der Waals surface area contributed by atoms with Crippen LogP contribution in [0.15, 0.2) is 36.4 Å². The van der Waals surface area contributed by atoms with Crippen LogP contribution in [0.4, 0.5) is 13.2 Å². The highest BCUT2D eigenvalue weighted by atomic mass is 19.1. The molecule has 0 aliphatic heterocycles. The third-order valence-corrected chi connectivity index (χ3v) is 5.81. The minimum absolute atomic E-state index is 0.0351. The predicted octanol–water partition coefficient (Wildman–Crippen LogP) is 4.86. The van der Waals surface area contributed by atoms with Crippen LogP contribution < -0.4 is 10.6 Å². The largest absolute Gasteiger partial charge is 0.353 e. The van der Waals surface area contributed by atoms with Gasteiger partial charge in [0.05, 0.1) is 17.8 Å². The van der Waals surface area contributed by atoms with Crippen molar-refractivity contribution in [3.05, 3.63) is 59.4 Å². The molecule has 7 heteroatoms. The molecule has 0 bridgehead atoms. The van der Waals surface area contributed by atoms with E-state index >= 15 is 0 Å². The lowest BCUT2D eigenvalue weighted by molar-refractivity contribution is -0.120. The van der Waals surface area contributed by atoms with Gasteiger partial charge in [0.1, 0.15) is 17.5 Å². The molecule has 1 aliphatic rings. The molecule has 4 nitrogen and oxygen atoms in total. The maximum Gasteiger partial charge on any atom is 0.234 e. The van der Waals surface area contributed by atoms with E-state index in [9.17, 15) is 18.0 Å². The van der Waals surface area contributed by atoms with Crippen molar-refractivity contribution in [2.75, 3.05) is 13.1 Å². The first-order valence-corrected chi connectivity index (χ1v) is 10.6. The van der Waals surface area contributed by atoms with E-state index in [0.29, 0.717) is 23.5 Å².